The molecule has 1 aliphatic rings. The Morgan fingerprint density at radius 2 is 2.24 bits per heavy atom. The van der Waals surface area contributed by atoms with E-state index >= 15 is 0 Å². The molecular weight excluding hydrogens is 276 g/mol. The maximum Gasteiger partial charge on any atom is 0.282 e. The van der Waals surface area contributed by atoms with Gasteiger partial charge in [-0.3, -0.25) is 20.8 Å². The molecule has 1 amide bonds. The van der Waals surface area contributed by atoms with Gasteiger partial charge in [0, 0.05) is 18.3 Å². The van der Waals surface area contributed by atoms with E-state index in [1.807, 2.05) is 13.8 Å². The monoisotopic (exact) mass is 294 g/mol. The molecule has 1 aliphatic heterocycles. The molecule has 2 rings (SSSR count). The van der Waals surface area contributed by atoms with Crippen LogP contribution in [0.5, 0.6) is 0 Å². The van der Waals surface area contributed by atoms with Gasteiger partial charge in [0.05, 0.1) is 23.7 Å². The summed E-state index contributed by atoms with van der Waals surface area (Å²) in [4.78, 5) is 24.8. The summed E-state index contributed by atoms with van der Waals surface area (Å²) in [7, 11) is 0. The number of carbonyl (C=O) groups excluding carboxylic acids is 1. The first-order chi connectivity index (χ1) is 9.93. The molecule has 1 fully saturated rings. The number of hydrogen-bond donors (Lipinski definition) is 2. The van der Waals surface area contributed by atoms with E-state index in [2.05, 4.69) is 5.43 Å². The second kappa shape index (κ2) is 6.06. The summed E-state index contributed by atoms with van der Waals surface area (Å²) in [5.41, 5.74) is 2.63. The molecule has 0 spiro atoms. The summed E-state index contributed by atoms with van der Waals surface area (Å²) in [6.07, 6.45) is -0.0972. The zero-order valence-electron chi connectivity index (χ0n) is 11.9. The molecule has 21 heavy (non-hydrogen) atoms. The van der Waals surface area contributed by atoms with E-state index in [0.717, 1.165) is 0 Å². The van der Waals surface area contributed by atoms with Crippen molar-refractivity contribution >= 4 is 17.3 Å². The Morgan fingerprint density at radius 3 is 2.86 bits per heavy atom. The Hall–Kier alpha value is -2.19. The average Bonchev–Trinajstić information content (AvgIpc) is 2.48. The Bertz CT molecular complexity index is 563. The lowest BCUT2D eigenvalue weighted by Crippen LogP contribution is -2.50. The predicted octanol–water partition coefficient (Wildman–Crippen LogP) is 1.13. The quantitative estimate of drug-likeness (QED) is 0.491. The SMILES string of the molecule is CC1CN(C(=O)c2cc(NN)ccc2[N+](=O)[O-])C(C)CO1. The Balaban J connectivity index is 2.39. The largest absolute Gasteiger partial charge is 0.375 e. The number of nitrogens with one attached hydrogen (secondary N) is 1. The van der Waals surface area contributed by atoms with Crippen LogP contribution in [0.25, 0.3) is 0 Å². The van der Waals surface area contributed by atoms with E-state index in [0.29, 0.717) is 18.8 Å². The number of amides is 1. The summed E-state index contributed by atoms with van der Waals surface area (Å²) in [5.74, 6) is 4.92. The number of nitrogens with zero attached hydrogens (tertiary/aromatic N) is 2. The van der Waals surface area contributed by atoms with Gasteiger partial charge in [-0.1, -0.05) is 0 Å². The lowest BCUT2D eigenvalue weighted by Gasteiger charge is -2.36. The van der Waals surface area contributed by atoms with Gasteiger partial charge in [0.15, 0.2) is 0 Å². The molecule has 1 heterocycles. The smallest absolute Gasteiger partial charge is 0.282 e. The van der Waals surface area contributed by atoms with Crippen molar-refractivity contribution in [2.45, 2.75) is 26.0 Å². The van der Waals surface area contributed by atoms with Crippen molar-refractivity contribution in [3.63, 3.8) is 0 Å². The topological polar surface area (TPSA) is 111 Å². The van der Waals surface area contributed by atoms with E-state index in [4.69, 9.17) is 10.6 Å². The Morgan fingerprint density at radius 1 is 1.52 bits per heavy atom. The van der Waals surface area contributed by atoms with Crippen LogP contribution in [0.3, 0.4) is 0 Å². The number of carbonyl (C=O) groups is 1. The average molecular weight is 294 g/mol. The number of rotatable bonds is 3. The standard InChI is InChI=1S/C13H18N4O4/c1-8-7-21-9(2)6-16(8)13(18)11-5-10(15-14)3-4-12(11)17(19)20/h3-5,8-9,15H,6-7,14H2,1-2H3. The first kappa shape index (κ1) is 15.2. The van der Waals surface area contributed by atoms with Gasteiger partial charge in [0.2, 0.25) is 0 Å². The zero-order valence-corrected chi connectivity index (χ0v) is 11.9. The fourth-order valence-corrected chi connectivity index (χ4v) is 2.30. The number of nitrogens with two attached hydrogens (primary N) is 1. The maximum absolute atomic E-state index is 12.6. The van der Waals surface area contributed by atoms with Crippen molar-refractivity contribution in [1.82, 2.24) is 4.90 Å². The zero-order chi connectivity index (χ0) is 15.6. The minimum Gasteiger partial charge on any atom is -0.375 e. The number of anilines is 1. The minimum atomic E-state index is -0.567. The van der Waals surface area contributed by atoms with Crippen LogP contribution in [0.2, 0.25) is 0 Å². The van der Waals surface area contributed by atoms with Crippen LogP contribution >= 0.6 is 0 Å². The first-order valence-electron chi connectivity index (χ1n) is 6.61. The maximum atomic E-state index is 12.6. The van der Waals surface area contributed by atoms with Crippen molar-refractivity contribution < 1.29 is 14.5 Å². The molecular formula is C13H18N4O4. The van der Waals surface area contributed by atoms with Crippen molar-refractivity contribution in [3.8, 4) is 0 Å². The van der Waals surface area contributed by atoms with Gasteiger partial charge >= 0.3 is 0 Å². The Kier molecular flexibility index (Phi) is 4.39. The molecule has 0 saturated carbocycles. The number of benzene rings is 1. The number of nitro groups is 1. The van der Waals surface area contributed by atoms with Crippen molar-refractivity contribution in [1.29, 1.82) is 0 Å². The molecule has 1 aromatic rings. The minimum absolute atomic E-state index is 0.0244. The van der Waals surface area contributed by atoms with Gasteiger partial charge in [-0.25, -0.2) is 0 Å². The molecule has 114 valence electrons. The molecule has 2 unspecified atom stereocenters. The molecule has 0 aliphatic carbocycles. The lowest BCUT2D eigenvalue weighted by atomic mass is 10.1. The normalized spacial score (nSPS) is 22.0. The summed E-state index contributed by atoms with van der Waals surface area (Å²) in [6, 6.07) is 3.99. The number of hydrazine groups is 1. The lowest BCUT2D eigenvalue weighted by molar-refractivity contribution is -0.385. The highest BCUT2D eigenvalue weighted by Gasteiger charge is 2.32. The third kappa shape index (κ3) is 3.11. The van der Waals surface area contributed by atoms with E-state index in [9.17, 15) is 14.9 Å². The third-order valence-electron chi connectivity index (χ3n) is 3.46. The molecule has 1 aromatic carbocycles. The number of nitro benzene ring substituents is 1. The molecule has 2 atom stereocenters. The van der Waals surface area contributed by atoms with Crippen LogP contribution in [-0.2, 0) is 4.74 Å². The van der Waals surface area contributed by atoms with Gasteiger partial charge in [-0.05, 0) is 26.0 Å². The first-order valence-corrected chi connectivity index (χ1v) is 6.61. The fraction of sp³-hybridized carbons (Fsp3) is 0.462. The molecule has 8 heteroatoms. The molecule has 1 saturated heterocycles. The van der Waals surface area contributed by atoms with Crippen molar-refractivity contribution in [2.24, 2.45) is 5.84 Å². The van der Waals surface area contributed by atoms with Gasteiger partial charge in [-0.2, -0.15) is 0 Å². The highest BCUT2D eigenvalue weighted by atomic mass is 16.6. The number of hydrogen-bond acceptors (Lipinski definition) is 6. The highest BCUT2D eigenvalue weighted by molar-refractivity contribution is 5.99. The van der Waals surface area contributed by atoms with Crippen molar-refractivity contribution in [2.75, 3.05) is 18.6 Å². The summed E-state index contributed by atoms with van der Waals surface area (Å²) < 4.78 is 5.47. The fourth-order valence-electron chi connectivity index (χ4n) is 2.30. The van der Waals surface area contributed by atoms with Gasteiger partial charge in [0.1, 0.15) is 5.56 Å². The van der Waals surface area contributed by atoms with Gasteiger partial charge < -0.3 is 15.1 Å². The van der Waals surface area contributed by atoms with Crippen LogP contribution in [0.15, 0.2) is 18.2 Å². The predicted molar refractivity (Wildman–Crippen MR) is 76.8 cm³/mol. The number of morpholine rings is 1. The summed E-state index contributed by atoms with van der Waals surface area (Å²) in [5, 5.41) is 11.1. The van der Waals surface area contributed by atoms with Crippen LogP contribution in [0, 0.1) is 10.1 Å². The third-order valence-corrected chi connectivity index (χ3v) is 3.46. The van der Waals surface area contributed by atoms with Crippen molar-refractivity contribution in [3.05, 3.63) is 33.9 Å². The van der Waals surface area contributed by atoms with E-state index in [-0.39, 0.29) is 29.3 Å². The molecule has 8 nitrogen and oxygen atoms in total. The van der Waals surface area contributed by atoms with Crippen LogP contribution in [-0.4, -0.2) is 41.0 Å². The number of nitrogen functional groups attached to an aromatic ring is 1. The van der Waals surface area contributed by atoms with Gasteiger partial charge in [-0.15, -0.1) is 0 Å². The number of ether oxygens (including phenoxy) is 1. The van der Waals surface area contributed by atoms with Crippen LogP contribution in [0.1, 0.15) is 24.2 Å². The summed E-state index contributed by atoms with van der Waals surface area (Å²) in [6.45, 7) is 4.52. The van der Waals surface area contributed by atoms with E-state index in [1.54, 1.807) is 4.90 Å². The van der Waals surface area contributed by atoms with E-state index < -0.39 is 4.92 Å². The van der Waals surface area contributed by atoms with Gasteiger partial charge in [0.25, 0.3) is 11.6 Å². The van der Waals surface area contributed by atoms with Crippen LogP contribution in [0.4, 0.5) is 11.4 Å². The molecule has 0 radical (unpaired) electrons. The Labute approximate surface area is 122 Å². The molecule has 3 N–H and O–H groups in total. The molecule has 0 bridgehead atoms. The summed E-state index contributed by atoms with van der Waals surface area (Å²) >= 11 is 0. The van der Waals surface area contributed by atoms with E-state index in [1.165, 1.54) is 18.2 Å². The molecule has 0 aromatic heterocycles. The second-order valence-corrected chi connectivity index (χ2v) is 5.08. The second-order valence-electron chi connectivity index (χ2n) is 5.08. The highest BCUT2D eigenvalue weighted by Crippen LogP contribution is 2.25. The van der Waals surface area contributed by atoms with Crippen LogP contribution < -0.4 is 11.3 Å².